The van der Waals surface area contributed by atoms with Crippen LogP contribution in [0.1, 0.15) is 174 Å². The number of rotatable bonds is 44. The average Bonchev–Trinajstić information content (AvgIpc) is 3.26. The molecule has 0 rings (SSSR count). The van der Waals surface area contributed by atoms with E-state index in [1.807, 2.05) is 21.1 Å². The molecule has 0 radical (unpaired) electrons. The van der Waals surface area contributed by atoms with Crippen molar-refractivity contribution in [1.82, 2.24) is 0 Å². The van der Waals surface area contributed by atoms with Gasteiger partial charge >= 0.3 is 19.8 Å². The van der Waals surface area contributed by atoms with Gasteiger partial charge in [0.1, 0.15) is 19.8 Å². The van der Waals surface area contributed by atoms with E-state index in [1.54, 1.807) is 0 Å². The van der Waals surface area contributed by atoms with Gasteiger partial charge in [0.25, 0.3) is 0 Å². The summed E-state index contributed by atoms with van der Waals surface area (Å²) in [7, 11) is 1.43. The Morgan fingerprint density at radius 2 is 0.877 bits per heavy atom. The number of hydrogen-bond acceptors (Lipinski definition) is 7. The topological polar surface area (TPSA) is 108 Å². The molecule has 2 atom stereocenters. The van der Waals surface area contributed by atoms with E-state index in [0.717, 1.165) is 122 Å². The highest BCUT2D eigenvalue weighted by Gasteiger charge is 2.27. The third-order valence-electron chi connectivity index (χ3n) is 10.0. The molecule has 0 aromatic carbocycles. The highest BCUT2D eigenvalue weighted by Crippen LogP contribution is 2.43. The Morgan fingerprint density at radius 3 is 1.31 bits per heavy atom. The van der Waals surface area contributed by atoms with Crippen molar-refractivity contribution >= 4 is 19.8 Å². The smallest absolute Gasteiger partial charge is 0.462 e. The summed E-state index contributed by atoms with van der Waals surface area (Å²) in [6, 6.07) is 0. The lowest BCUT2D eigenvalue weighted by Gasteiger charge is -2.24. The minimum atomic E-state index is -4.40. The number of unbranched alkanes of at least 4 members (excludes halogenated alkanes) is 12. The van der Waals surface area contributed by atoms with Crippen LogP contribution in [0.2, 0.25) is 0 Å². The predicted molar refractivity (Wildman–Crippen MR) is 275 cm³/mol. The molecule has 0 aliphatic heterocycles. The Morgan fingerprint density at radius 1 is 0.492 bits per heavy atom. The lowest BCUT2D eigenvalue weighted by Crippen LogP contribution is -2.37. The van der Waals surface area contributed by atoms with Crippen LogP contribution in [-0.4, -0.2) is 74.9 Å². The van der Waals surface area contributed by atoms with Crippen LogP contribution in [0.3, 0.4) is 0 Å². The lowest BCUT2D eigenvalue weighted by molar-refractivity contribution is -0.870. The van der Waals surface area contributed by atoms with Gasteiger partial charge in [-0.3, -0.25) is 18.6 Å². The minimum absolute atomic E-state index is 0.0187. The van der Waals surface area contributed by atoms with E-state index < -0.39 is 32.5 Å². The standard InChI is InChI=1S/C55H92NO8P/c1-6-8-10-12-14-16-18-20-22-23-24-25-26-27-28-29-30-31-32-33-34-36-38-40-42-44-46-48-55(58)64-53(52-63-65(59,60)62-50-49-56(3,4)5)51-61-54(57)47-45-43-41-39-37-35-21-19-17-15-13-11-9-7-2/h8,10,13-16,19-22,24-25,27-28,30-31,33-34,53H,6-7,9,11-12,17-18,23,26,29,32,35-52H2,1-5H3/p+1/b10-8-,15-13-,16-14-,21-19-,22-20-,25-24-,28-27-,31-30-,34-33-. The van der Waals surface area contributed by atoms with Gasteiger partial charge in [-0.2, -0.15) is 0 Å². The second kappa shape index (κ2) is 45.8. The number of quaternary nitrogens is 1. The van der Waals surface area contributed by atoms with Crippen molar-refractivity contribution < 1.29 is 42.1 Å². The maximum atomic E-state index is 12.8. The molecule has 0 saturated carbocycles. The first-order valence-corrected chi connectivity index (χ1v) is 26.6. The van der Waals surface area contributed by atoms with Crippen molar-refractivity contribution in [2.75, 3.05) is 47.5 Å². The van der Waals surface area contributed by atoms with Crippen LogP contribution in [-0.2, 0) is 32.7 Å². The monoisotopic (exact) mass is 927 g/mol. The van der Waals surface area contributed by atoms with Crippen LogP contribution in [0, 0.1) is 0 Å². The van der Waals surface area contributed by atoms with E-state index in [-0.39, 0.29) is 26.1 Å². The van der Waals surface area contributed by atoms with E-state index in [1.165, 1.54) is 12.8 Å². The molecule has 0 fully saturated rings. The molecular weight excluding hydrogens is 834 g/mol. The second-order valence-electron chi connectivity index (χ2n) is 17.5. The van der Waals surface area contributed by atoms with Gasteiger partial charge in [0.15, 0.2) is 6.10 Å². The summed E-state index contributed by atoms with van der Waals surface area (Å²) in [6.45, 7) is 4.21. The summed E-state index contributed by atoms with van der Waals surface area (Å²) in [4.78, 5) is 35.5. The van der Waals surface area contributed by atoms with Gasteiger partial charge in [0.2, 0.25) is 0 Å². The molecule has 9 nitrogen and oxygen atoms in total. The molecule has 1 N–H and O–H groups in total. The second-order valence-corrected chi connectivity index (χ2v) is 18.9. The first-order valence-electron chi connectivity index (χ1n) is 25.1. The average molecular weight is 927 g/mol. The number of hydrogen-bond donors (Lipinski definition) is 1. The van der Waals surface area contributed by atoms with Crippen molar-refractivity contribution in [2.45, 2.75) is 180 Å². The Kier molecular flexibility index (Phi) is 43.5. The van der Waals surface area contributed by atoms with Gasteiger partial charge in [0.05, 0.1) is 27.7 Å². The van der Waals surface area contributed by atoms with Gasteiger partial charge in [-0.1, -0.05) is 175 Å². The number of esters is 2. The van der Waals surface area contributed by atoms with Crippen LogP contribution in [0.25, 0.3) is 0 Å². The van der Waals surface area contributed by atoms with Gasteiger partial charge in [-0.15, -0.1) is 0 Å². The number of likely N-dealkylation sites (N-methyl/N-ethyl adjacent to an activating group) is 1. The van der Waals surface area contributed by atoms with E-state index in [9.17, 15) is 19.0 Å². The fraction of sp³-hybridized carbons (Fsp3) is 0.636. The predicted octanol–water partition coefficient (Wildman–Crippen LogP) is 15.1. The molecule has 0 bridgehead atoms. The van der Waals surface area contributed by atoms with Gasteiger partial charge < -0.3 is 18.9 Å². The third kappa shape index (κ3) is 49.9. The molecule has 65 heavy (non-hydrogen) atoms. The molecule has 10 heteroatoms. The third-order valence-corrected chi connectivity index (χ3v) is 11.0. The summed E-state index contributed by atoms with van der Waals surface area (Å²) >= 11 is 0. The Bertz CT molecular complexity index is 1470. The zero-order valence-electron chi connectivity index (χ0n) is 41.7. The Labute approximate surface area is 397 Å². The SMILES string of the molecule is CC/C=C\C/C=C\C/C=C\C/C=C\C/C=C\C/C=C\C/C=C\CCCCCCCC(=O)OC(COC(=O)CCCCCCC/C=C\C/C=C\CCCC)COP(=O)(O)OCC[N+](C)(C)C. The molecule has 0 aromatic rings. The number of phosphoric ester groups is 1. The number of ether oxygens (including phenoxy) is 2. The molecule has 0 aliphatic rings. The summed E-state index contributed by atoms with van der Waals surface area (Å²) in [5.74, 6) is -0.847. The van der Waals surface area contributed by atoms with Gasteiger partial charge in [0, 0.05) is 12.8 Å². The number of allylic oxidation sites excluding steroid dienone is 18. The van der Waals surface area contributed by atoms with E-state index in [0.29, 0.717) is 23.9 Å². The zero-order chi connectivity index (χ0) is 47.8. The van der Waals surface area contributed by atoms with Crippen molar-refractivity contribution in [3.8, 4) is 0 Å². The summed E-state index contributed by atoms with van der Waals surface area (Å²) in [5.41, 5.74) is 0. The number of carbonyl (C=O) groups is 2. The van der Waals surface area contributed by atoms with Crippen LogP contribution in [0.15, 0.2) is 109 Å². The van der Waals surface area contributed by atoms with Gasteiger partial charge in [-0.05, 0) is 96.3 Å². The van der Waals surface area contributed by atoms with Crippen molar-refractivity contribution in [3.05, 3.63) is 109 Å². The molecule has 0 aliphatic carbocycles. The van der Waals surface area contributed by atoms with Crippen molar-refractivity contribution in [3.63, 3.8) is 0 Å². The number of nitrogens with zero attached hydrogens (tertiary/aromatic N) is 1. The largest absolute Gasteiger partial charge is 0.472 e. The molecule has 2 unspecified atom stereocenters. The van der Waals surface area contributed by atoms with Crippen LogP contribution in [0.4, 0.5) is 0 Å². The summed E-state index contributed by atoms with van der Waals surface area (Å²) in [6.07, 6.45) is 62.8. The van der Waals surface area contributed by atoms with Gasteiger partial charge in [-0.25, -0.2) is 4.57 Å². The quantitative estimate of drug-likeness (QED) is 0.0212. The number of phosphoric acid groups is 1. The zero-order valence-corrected chi connectivity index (χ0v) is 42.6. The molecule has 0 aromatic heterocycles. The molecule has 0 spiro atoms. The van der Waals surface area contributed by atoms with Crippen LogP contribution in [0.5, 0.6) is 0 Å². The van der Waals surface area contributed by atoms with E-state index in [2.05, 4.69) is 123 Å². The highest BCUT2D eigenvalue weighted by atomic mass is 31.2. The summed E-state index contributed by atoms with van der Waals surface area (Å²) < 4.78 is 34.4. The Hall–Kier alpha value is -3.33. The highest BCUT2D eigenvalue weighted by molar-refractivity contribution is 7.47. The minimum Gasteiger partial charge on any atom is -0.462 e. The number of carbonyl (C=O) groups excluding carboxylic acids is 2. The first kappa shape index (κ1) is 61.7. The molecule has 0 heterocycles. The normalized spacial score (nSPS) is 14.4. The van der Waals surface area contributed by atoms with Crippen molar-refractivity contribution in [2.24, 2.45) is 0 Å². The lowest BCUT2D eigenvalue weighted by atomic mass is 10.1. The maximum Gasteiger partial charge on any atom is 0.472 e. The Balaban J connectivity index is 4.34. The maximum absolute atomic E-state index is 12.8. The van der Waals surface area contributed by atoms with Crippen LogP contribution < -0.4 is 0 Å². The van der Waals surface area contributed by atoms with Crippen LogP contribution >= 0.6 is 7.82 Å². The van der Waals surface area contributed by atoms with Crippen molar-refractivity contribution in [1.29, 1.82) is 0 Å². The molecule has 370 valence electrons. The molecular formula is C55H93NO8P+. The summed E-state index contributed by atoms with van der Waals surface area (Å²) in [5, 5.41) is 0. The fourth-order valence-corrected chi connectivity index (χ4v) is 6.87. The molecule has 0 amide bonds. The first-order chi connectivity index (χ1) is 31.5. The molecule has 0 saturated heterocycles. The fourth-order valence-electron chi connectivity index (χ4n) is 6.13. The van der Waals surface area contributed by atoms with E-state index in [4.69, 9.17) is 18.5 Å². The van der Waals surface area contributed by atoms with E-state index >= 15 is 0 Å².